The summed E-state index contributed by atoms with van der Waals surface area (Å²) in [4.78, 5) is 23.2. The average molecular weight is 284 g/mol. The summed E-state index contributed by atoms with van der Waals surface area (Å²) in [6, 6.07) is 2.70. The lowest BCUT2D eigenvalue weighted by Crippen LogP contribution is -2.27. The van der Waals surface area contributed by atoms with Crippen molar-refractivity contribution in [3.8, 4) is 11.5 Å². The predicted octanol–water partition coefficient (Wildman–Crippen LogP) is 1.22. The zero-order valence-electron chi connectivity index (χ0n) is 11.7. The second-order valence-corrected chi connectivity index (χ2v) is 3.89. The van der Waals surface area contributed by atoms with Gasteiger partial charge in [0, 0.05) is 13.1 Å². The van der Waals surface area contributed by atoms with Crippen molar-refractivity contribution in [2.45, 2.75) is 0 Å². The van der Waals surface area contributed by atoms with Crippen molar-refractivity contribution in [3.63, 3.8) is 0 Å². The molecule has 0 aliphatic carbocycles. The van der Waals surface area contributed by atoms with Gasteiger partial charge in [-0.3, -0.25) is 14.9 Å². The van der Waals surface area contributed by atoms with Gasteiger partial charge in [-0.15, -0.1) is 0 Å². The van der Waals surface area contributed by atoms with Crippen LogP contribution in [-0.2, 0) is 9.53 Å². The molecule has 1 rings (SSSR count). The fraction of sp³-hybridized carbons (Fsp3) is 0.417. The molecule has 0 saturated heterocycles. The summed E-state index contributed by atoms with van der Waals surface area (Å²) >= 11 is 0. The van der Waals surface area contributed by atoms with Crippen LogP contribution in [0, 0.1) is 10.1 Å². The lowest BCUT2D eigenvalue weighted by molar-refractivity contribution is -0.384. The first kappa shape index (κ1) is 15.5. The van der Waals surface area contributed by atoms with E-state index in [9.17, 15) is 14.9 Å². The number of likely N-dealkylation sites (N-methyl/N-ethyl adjacent to an activating group) is 1. The number of nitrogens with zero attached hydrogens (tertiary/aromatic N) is 2. The molecule has 0 aliphatic rings. The topological polar surface area (TPSA) is 91.1 Å². The summed E-state index contributed by atoms with van der Waals surface area (Å²) in [5.41, 5.74) is 0.0482. The smallest absolute Gasteiger partial charge is 0.325 e. The SMILES string of the molecule is COC(=O)CN(C)c1cc(OC)c(OC)cc1[N+](=O)[O-]. The van der Waals surface area contributed by atoms with E-state index < -0.39 is 10.9 Å². The van der Waals surface area contributed by atoms with Crippen molar-refractivity contribution in [2.24, 2.45) is 0 Å². The number of nitro groups is 1. The van der Waals surface area contributed by atoms with Gasteiger partial charge in [-0.05, 0) is 0 Å². The van der Waals surface area contributed by atoms with Crippen LogP contribution in [0.4, 0.5) is 11.4 Å². The van der Waals surface area contributed by atoms with Gasteiger partial charge in [0.2, 0.25) is 0 Å². The van der Waals surface area contributed by atoms with E-state index in [0.717, 1.165) is 0 Å². The molecule has 0 spiro atoms. The number of nitro benzene ring substituents is 1. The molecule has 1 aromatic rings. The Bertz CT molecular complexity index is 517. The molecule has 0 saturated carbocycles. The van der Waals surface area contributed by atoms with Crippen LogP contribution >= 0.6 is 0 Å². The van der Waals surface area contributed by atoms with Crippen molar-refractivity contribution in [3.05, 3.63) is 22.2 Å². The number of esters is 1. The Kier molecular flexibility index (Phi) is 5.13. The van der Waals surface area contributed by atoms with Crippen molar-refractivity contribution < 1.29 is 23.9 Å². The third-order valence-corrected chi connectivity index (χ3v) is 2.68. The van der Waals surface area contributed by atoms with Crippen LogP contribution in [0.15, 0.2) is 12.1 Å². The van der Waals surface area contributed by atoms with Crippen molar-refractivity contribution in [2.75, 3.05) is 39.8 Å². The molecule has 8 heteroatoms. The molecule has 0 aromatic heterocycles. The quantitative estimate of drug-likeness (QED) is 0.440. The van der Waals surface area contributed by atoms with Crippen LogP contribution < -0.4 is 14.4 Å². The van der Waals surface area contributed by atoms with Crippen LogP contribution in [-0.4, -0.2) is 45.8 Å². The Labute approximate surface area is 116 Å². The summed E-state index contributed by atoms with van der Waals surface area (Å²) in [6.07, 6.45) is 0. The summed E-state index contributed by atoms with van der Waals surface area (Å²) < 4.78 is 14.7. The molecule has 8 nitrogen and oxygen atoms in total. The molecular weight excluding hydrogens is 268 g/mol. The molecule has 0 amide bonds. The van der Waals surface area contributed by atoms with Gasteiger partial charge < -0.3 is 19.1 Å². The number of hydrogen-bond acceptors (Lipinski definition) is 7. The standard InChI is InChI=1S/C12H16N2O6/c1-13(7-12(15)20-4)8-5-10(18-2)11(19-3)6-9(8)14(16)17/h5-6H,7H2,1-4H3. The Hall–Kier alpha value is -2.51. The molecule has 20 heavy (non-hydrogen) atoms. The molecule has 0 atom stereocenters. The summed E-state index contributed by atoms with van der Waals surface area (Å²) in [5, 5.41) is 11.1. The van der Waals surface area contributed by atoms with E-state index in [0.29, 0.717) is 5.75 Å². The van der Waals surface area contributed by atoms with Crippen LogP contribution in [0.2, 0.25) is 0 Å². The number of rotatable bonds is 6. The van der Waals surface area contributed by atoms with E-state index in [2.05, 4.69) is 4.74 Å². The van der Waals surface area contributed by atoms with Crippen LogP contribution in [0.5, 0.6) is 11.5 Å². The number of carbonyl (C=O) groups excluding carboxylic acids is 1. The first-order chi connectivity index (χ1) is 9.44. The second kappa shape index (κ2) is 6.60. The maximum atomic E-state index is 11.3. The maximum Gasteiger partial charge on any atom is 0.325 e. The zero-order chi connectivity index (χ0) is 15.3. The van der Waals surface area contributed by atoms with Gasteiger partial charge in [0.25, 0.3) is 5.69 Å². The van der Waals surface area contributed by atoms with Gasteiger partial charge in [0.1, 0.15) is 12.2 Å². The molecule has 110 valence electrons. The Morgan fingerprint density at radius 3 is 2.25 bits per heavy atom. The highest BCUT2D eigenvalue weighted by molar-refractivity contribution is 5.78. The van der Waals surface area contributed by atoms with E-state index in [4.69, 9.17) is 9.47 Å². The molecular formula is C12H16N2O6. The van der Waals surface area contributed by atoms with E-state index in [1.807, 2.05) is 0 Å². The third-order valence-electron chi connectivity index (χ3n) is 2.68. The third kappa shape index (κ3) is 3.28. The Balaban J connectivity index is 3.28. The van der Waals surface area contributed by atoms with Crippen LogP contribution in [0.1, 0.15) is 0 Å². The van der Waals surface area contributed by atoms with Crippen molar-refractivity contribution in [1.29, 1.82) is 0 Å². The predicted molar refractivity (Wildman–Crippen MR) is 71.5 cm³/mol. The van der Waals surface area contributed by atoms with Gasteiger partial charge in [-0.1, -0.05) is 0 Å². The molecule has 0 radical (unpaired) electrons. The Morgan fingerprint density at radius 2 is 1.80 bits per heavy atom. The van der Waals surface area contributed by atoms with Gasteiger partial charge in [-0.25, -0.2) is 0 Å². The number of carbonyl (C=O) groups is 1. The number of benzene rings is 1. The lowest BCUT2D eigenvalue weighted by atomic mass is 10.2. The van der Waals surface area contributed by atoms with Gasteiger partial charge in [0.15, 0.2) is 11.5 Å². The first-order valence-electron chi connectivity index (χ1n) is 5.63. The molecule has 1 aromatic carbocycles. The number of ether oxygens (including phenoxy) is 3. The number of anilines is 1. The van der Waals surface area contributed by atoms with Crippen molar-refractivity contribution in [1.82, 2.24) is 0 Å². The molecule has 0 heterocycles. The first-order valence-corrected chi connectivity index (χ1v) is 5.63. The molecule has 0 fully saturated rings. The normalized spacial score (nSPS) is 9.80. The van der Waals surface area contributed by atoms with Gasteiger partial charge in [0.05, 0.1) is 32.3 Å². The fourth-order valence-electron chi connectivity index (χ4n) is 1.65. The van der Waals surface area contributed by atoms with Gasteiger partial charge in [-0.2, -0.15) is 0 Å². The fourth-order valence-corrected chi connectivity index (χ4v) is 1.65. The summed E-state index contributed by atoms with van der Waals surface area (Å²) in [5.74, 6) is 0.0795. The molecule has 0 unspecified atom stereocenters. The minimum atomic E-state index is -0.551. The number of hydrogen-bond donors (Lipinski definition) is 0. The largest absolute Gasteiger partial charge is 0.493 e. The zero-order valence-corrected chi connectivity index (χ0v) is 11.7. The monoisotopic (exact) mass is 284 g/mol. The highest BCUT2D eigenvalue weighted by Gasteiger charge is 2.23. The summed E-state index contributed by atoms with van der Waals surface area (Å²) in [6.45, 7) is -0.118. The van der Waals surface area contributed by atoms with Gasteiger partial charge >= 0.3 is 5.97 Å². The minimum Gasteiger partial charge on any atom is -0.493 e. The number of methoxy groups -OCH3 is 3. The average Bonchev–Trinajstić information content (AvgIpc) is 2.45. The minimum absolute atomic E-state index is 0.118. The second-order valence-electron chi connectivity index (χ2n) is 3.89. The summed E-state index contributed by atoms with van der Waals surface area (Å²) in [7, 11) is 5.61. The van der Waals surface area contributed by atoms with E-state index in [-0.39, 0.29) is 23.7 Å². The van der Waals surface area contributed by atoms with E-state index in [1.165, 1.54) is 38.4 Å². The van der Waals surface area contributed by atoms with E-state index in [1.54, 1.807) is 7.05 Å². The van der Waals surface area contributed by atoms with Crippen molar-refractivity contribution >= 4 is 17.3 Å². The van der Waals surface area contributed by atoms with Crippen LogP contribution in [0.25, 0.3) is 0 Å². The molecule has 0 bridgehead atoms. The van der Waals surface area contributed by atoms with Crippen LogP contribution in [0.3, 0.4) is 0 Å². The Morgan fingerprint density at radius 1 is 1.25 bits per heavy atom. The van der Waals surface area contributed by atoms with E-state index >= 15 is 0 Å². The molecule has 0 aliphatic heterocycles. The highest BCUT2D eigenvalue weighted by atomic mass is 16.6. The highest BCUT2D eigenvalue weighted by Crippen LogP contribution is 2.39. The lowest BCUT2D eigenvalue weighted by Gasteiger charge is -2.19. The molecule has 0 N–H and O–H groups in total. The maximum absolute atomic E-state index is 11.3.